The Hall–Kier alpha value is -0.830. The van der Waals surface area contributed by atoms with Gasteiger partial charge < -0.3 is 5.11 Å². The largest absolute Gasteiger partial charge is 0.392 e. The molecule has 1 fully saturated rings. The minimum absolute atomic E-state index is 0.144. The number of hydrogen-bond donors (Lipinski definition) is 1. The molecule has 1 unspecified atom stereocenters. The number of hydrogen-bond acceptors (Lipinski definition) is 2. The Kier molecular flexibility index (Phi) is 1.89. The molecule has 3 nitrogen and oxygen atoms in total. The van der Waals surface area contributed by atoms with E-state index < -0.39 is 0 Å². The number of aliphatic hydroxyl groups is 1. The van der Waals surface area contributed by atoms with Crippen molar-refractivity contribution < 1.29 is 5.11 Å². The van der Waals surface area contributed by atoms with Gasteiger partial charge in [0.05, 0.1) is 12.3 Å². The van der Waals surface area contributed by atoms with E-state index in [1.165, 1.54) is 12.8 Å². The average Bonchev–Trinajstić information content (AvgIpc) is 2.78. The second-order valence-corrected chi connectivity index (χ2v) is 3.63. The van der Waals surface area contributed by atoms with Crippen LogP contribution in [-0.2, 0) is 13.5 Å². The van der Waals surface area contributed by atoms with Crippen molar-refractivity contribution in [1.82, 2.24) is 9.78 Å². The average molecular weight is 166 g/mol. The summed E-state index contributed by atoms with van der Waals surface area (Å²) in [5, 5.41) is 13.7. The van der Waals surface area contributed by atoms with E-state index in [9.17, 15) is 5.11 Å². The van der Waals surface area contributed by atoms with Gasteiger partial charge in [-0.2, -0.15) is 5.10 Å². The van der Waals surface area contributed by atoms with Crippen LogP contribution >= 0.6 is 0 Å². The Bertz CT molecular complexity index is 265. The summed E-state index contributed by atoms with van der Waals surface area (Å²) in [7, 11) is 1.90. The van der Waals surface area contributed by atoms with Gasteiger partial charge in [0.2, 0.25) is 0 Å². The van der Waals surface area contributed by atoms with Crippen molar-refractivity contribution in [2.75, 3.05) is 0 Å². The predicted molar refractivity (Wildman–Crippen MR) is 45.6 cm³/mol. The highest BCUT2D eigenvalue weighted by atomic mass is 16.3. The Morgan fingerprint density at radius 1 is 1.75 bits per heavy atom. The third kappa shape index (κ3) is 1.67. The molecule has 1 N–H and O–H groups in total. The third-order valence-corrected chi connectivity index (χ3v) is 2.37. The maximum atomic E-state index is 9.61. The first-order valence-electron chi connectivity index (χ1n) is 4.41. The van der Waals surface area contributed by atoms with Crippen LogP contribution in [-0.4, -0.2) is 21.0 Å². The topological polar surface area (TPSA) is 38.0 Å². The Morgan fingerprint density at radius 3 is 3.00 bits per heavy atom. The highest BCUT2D eigenvalue weighted by Gasteiger charge is 2.29. The van der Waals surface area contributed by atoms with Gasteiger partial charge in [-0.05, 0) is 24.3 Å². The number of nitrogens with zero attached hydrogens (tertiary/aromatic N) is 2. The number of aliphatic hydroxyl groups excluding tert-OH is 1. The van der Waals surface area contributed by atoms with Gasteiger partial charge in [0, 0.05) is 19.7 Å². The molecule has 0 aliphatic heterocycles. The van der Waals surface area contributed by atoms with Gasteiger partial charge >= 0.3 is 0 Å². The first-order valence-corrected chi connectivity index (χ1v) is 4.41. The standard InChI is InChI=1S/C9H14N2O/c1-11-6-7(5-10-11)4-9(12)8-2-3-8/h5-6,8-9,12H,2-4H2,1H3. The Labute approximate surface area is 72.0 Å². The zero-order chi connectivity index (χ0) is 8.55. The lowest BCUT2D eigenvalue weighted by Gasteiger charge is -2.05. The van der Waals surface area contributed by atoms with Crippen LogP contribution in [0.5, 0.6) is 0 Å². The van der Waals surface area contributed by atoms with E-state index in [2.05, 4.69) is 5.10 Å². The zero-order valence-corrected chi connectivity index (χ0v) is 7.27. The van der Waals surface area contributed by atoms with Crippen LogP contribution in [0.1, 0.15) is 18.4 Å². The quantitative estimate of drug-likeness (QED) is 0.719. The first-order chi connectivity index (χ1) is 5.75. The van der Waals surface area contributed by atoms with Gasteiger partial charge in [0.15, 0.2) is 0 Å². The highest BCUT2D eigenvalue weighted by Crippen LogP contribution is 2.33. The lowest BCUT2D eigenvalue weighted by molar-refractivity contribution is 0.151. The van der Waals surface area contributed by atoms with Crippen molar-refractivity contribution >= 4 is 0 Å². The second-order valence-electron chi connectivity index (χ2n) is 3.63. The summed E-state index contributed by atoms with van der Waals surface area (Å²) in [5.41, 5.74) is 1.14. The molecule has 0 amide bonds. The summed E-state index contributed by atoms with van der Waals surface area (Å²) < 4.78 is 1.77. The molecule has 1 aromatic rings. The fraction of sp³-hybridized carbons (Fsp3) is 0.667. The maximum Gasteiger partial charge on any atom is 0.0609 e. The van der Waals surface area contributed by atoms with E-state index in [-0.39, 0.29) is 6.10 Å². The molecule has 0 bridgehead atoms. The summed E-state index contributed by atoms with van der Waals surface area (Å²) in [5.74, 6) is 0.560. The summed E-state index contributed by atoms with van der Waals surface area (Å²) in [6, 6.07) is 0. The number of aryl methyl sites for hydroxylation is 1. The molecule has 1 saturated carbocycles. The normalized spacial score (nSPS) is 19.5. The SMILES string of the molecule is Cn1cc(CC(O)C2CC2)cn1. The molecule has 2 rings (SSSR count). The van der Waals surface area contributed by atoms with E-state index in [0.29, 0.717) is 5.92 Å². The minimum Gasteiger partial charge on any atom is -0.392 e. The first kappa shape index (κ1) is 7.80. The van der Waals surface area contributed by atoms with E-state index in [0.717, 1.165) is 12.0 Å². The maximum absolute atomic E-state index is 9.61. The van der Waals surface area contributed by atoms with Gasteiger partial charge in [-0.15, -0.1) is 0 Å². The molecule has 0 saturated heterocycles. The number of aromatic nitrogens is 2. The molecule has 0 aromatic carbocycles. The minimum atomic E-state index is -0.144. The van der Waals surface area contributed by atoms with E-state index >= 15 is 0 Å². The van der Waals surface area contributed by atoms with Crippen molar-refractivity contribution in [3.8, 4) is 0 Å². The summed E-state index contributed by atoms with van der Waals surface area (Å²) in [6.07, 6.45) is 6.80. The summed E-state index contributed by atoms with van der Waals surface area (Å²) in [4.78, 5) is 0. The van der Waals surface area contributed by atoms with Crippen molar-refractivity contribution in [2.45, 2.75) is 25.4 Å². The lowest BCUT2D eigenvalue weighted by atomic mass is 10.1. The fourth-order valence-corrected chi connectivity index (χ4v) is 1.47. The van der Waals surface area contributed by atoms with Gasteiger partial charge in [-0.3, -0.25) is 4.68 Å². The summed E-state index contributed by atoms with van der Waals surface area (Å²) in [6.45, 7) is 0. The summed E-state index contributed by atoms with van der Waals surface area (Å²) >= 11 is 0. The fourth-order valence-electron chi connectivity index (χ4n) is 1.47. The van der Waals surface area contributed by atoms with Crippen LogP contribution in [0, 0.1) is 5.92 Å². The lowest BCUT2D eigenvalue weighted by Crippen LogP contribution is -2.12. The molecular weight excluding hydrogens is 152 g/mol. The molecule has 12 heavy (non-hydrogen) atoms. The van der Waals surface area contributed by atoms with Gasteiger partial charge in [0.1, 0.15) is 0 Å². The monoisotopic (exact) mass is 166 g/mol. The molecule has 66 valence electrons. The van der Waals surface area contributed by atoms with Gasteiger partial charge in [-0.1, -0.05) is 0 Å². The molecule has 1 heterocycles. The Morgan fingerprint density at radius 2 is 2.50 bits per heavy atom. The molecule has 1 aliphatic rings. The smallest absolute Gasteiger partial charge is 0.0609 e. The van der Waals surface area contributed by atoms with Crippen LogP contribution in [0.2, 0.25) is 0 Å². The van der Waals surface area contributed by atoms with Gasteiger partial charge in [0.25, 0.3) is 0 Å². The van der Waals surface area contributed by atoms with E-state index in [4.69, 9.17) is 0 Å². The van der Waals surface area contributed by atoms with Crippen LogP contribution in [0.15, 0.2) is 12.4 Å². The third-order valence-electron chi connectivity index (χ3n) is 2.37. The molecule has 3 heteroatoms. The zero-order valence-electron chi connectivity index (χ0n) is 7.27. The van der Waals surface area contributed by atoms with Crippen molar-refractivity contribution in [2.24, 2.45) is 13.0 Å². The van der Waals surface area contributed by atoms with E-state index in [1.54, 1.807) is 4.68 Å². The second kappa shape index (κ2) is 2.90. The van der Waals surface area contributed by atoms with Crippen LogP contribution < -0.4 is 0 Å². The molecular formula is C9H14N2O. The van der Waals surface area contributed by atoms with Crippen molar-refractivity contribution in [1.29, 1.82) is 0 Å². The molecule has 1 atom stereocenters. The van der Waals surface area contributed by atoms with Crippen LogP contribution in [0.4, 0.5) is 0 Å². The van der Waals surface area contributed by atoms with Crippen LogP contribution in [0.25, 0.3) is 0 Å². The highest BCUT2D eigenvalue weighted by molar-refractivity contribution is 5.06. The van der Waals surface area contributed by atoms with Crippen molar-refractivity contribution in [3.63, 3.8) is 0 Å². The van der Waals surface area contributed by atoms with E-state index in [1.807, 2.05) is 19.4 Å². The van der Waals surface area contributed by atoms with Crippen molar-refractivity contribution in [3.05, 3.63) is 18.0 Å². The van der Waals surface area contributed by atoms with Crippen LogP contribution in [0.3, 0.4) is 0 Å². The molecule has 1 aromatic heterocycles. The molecule has 0 radical (unpaired) electrons. The molecule has 1 aliphatic carbocycles. The molecule has 0 spiro atoms. The Balaban J connectivity index is 1.93. The predicted octanol–water partition coefficient (Wildman–Crippen LogP) is 0.733. The van der Waals surface area contributed by atoms with Gasteiger partial charge in [-0.25, -0.2) is 0 Å². The number of rotatable bonds is 3.